The maximum absolute atomic E-state index is 12.7. The molecule has 164 valence electrons. The van der Waals surface area contributed by atoms with E-state index in [1.54, 1.807) is 51.1 Å². The van der Waals surface area contributed by atoms with Gasteiger partial charge in [-0.2, -0.15) is 4.31 Å². The van der Waals surface area contributed by atoms with Crippen molar-refractivity contribution in [3.63, 3.8) is 0 Å². The molecule has 1 amide bonds. The van der Waals surface area contributed by atoms with Crippen molar-refractivity contribution in [2.75, 3.05) is 35.5 Å². The van der Waals surface area contributed by atoms with Gasteiger partial charge in [-0.15, -0.1) is 0 Å². The van der Waals surface area contributed by atoms with Crippen LogP contribution in [0.1, 0.15) is 19.4 Å². The monoisotopic (exact) mass is 453 g/mol. The third-order valence-corrected chi connectivity index (χ3v) is 7.71. The molecular formula is C20H27N3O5S2. The Kier molecular flexibility index (Phi) is 7.62. The molecule has 0 radical (unpaired) electrons. The summed E-state index contributed by atoms with van der Waals surface area (Å²) >= 11 is 0. The number of rotatable bonds is 9. The fraction of sp³-hybridized carbons (Fsp3) is 0.350. The Bertz CT molecular complexity index is 1110. The predicted molar refractivity (Wildman–Crippen MR) is 119 cm³/mol. The van der Waals surface area contributed by atoms with Crippen molar-refractivity contribution < 1.29 is 21.6 Å². The fourth-order valence-corrected chi connectivity index (χ4v) is 5.42. The molecule has 0 fully saturated rings. The summed E-state index contributed by atoms with van der Waals surface area (Å²) in [4.78, 5) is 12.6. The lowest BCUT2D eigenvalue weighted by atomic mass is 10.2. The average Bonchev–Trinajstić information content (AvgIpc) is 2.67. The molecule has 1 N–H and O–H groups in total. The summed E-state index contributed by atoms with van der Waals surface area (Å²) in [6.07, 6.45) is 1.03. The lowest BCUT2D eigenvalue weighted by Crippen LogP contribution is -2.37. The molecule has 2 aromatic carbocycles. The van der Waals surface area contributed by atoms with Crippen LogP contribution in [0.3, 0.4) is 0 Å². The molecule has 0 bridgehead atoms. The highest BCUT2D eigenvalue weighted by Crippen LogP contribution is 2.23. The quantitative estimate of drug-likeness (QED) is 0.628. The average molecular weight is 454 g/mol. The molecule has 8 nitrogen and oxygen atoms in total. The maximum Gasteiger partial charge on any atom is 0.245 e. The first kappa shape index (κ1) is 23.8. The first-order valence-electron chi connectivity index (χ1n) is 9.44. The molecule has 2 aromatic rings. The predicted octanol–water partition coefficient (Wildman–Crippen LogP) is 2.43. The summed E-state index contributed by atoms with van der Waals surface area (Å²) in [6, 6.07) is 12.8. The molecule has 30 heavy (non-hydrogen) atoms. The summed E-state index contributed by atoms with van der Waals surface area (Å²) < 4.78 is 52.2. The Morgan fingerprint density at radius 2 is 1.60 bits per heavy atom. The summed E-state index contributed by atoms with van der Waals surface area (Å²) in [5.74, 6) is -0.582. The second-order valence-corrected chi connectivity index (χ2v) is 10.6. The standard InChI is InChI=1S/C20H27N3O5S2/c1-5-22(6-2)30(27,28)18-12-9-11-17(14-18)21-20(24)15-23(29(4,25)26)19-13-8-7-10-16(19)3/h7-14H,5-6,15H2,1-4H3,(H,21,24). The molecule has 0 saturated carbocycles. The van der Waals surface area contributed by atoms with E-state index in [0.29, 0.717) is 24.3 Å². The first-order chi connectivity index (χ1) is 14.0. The Hall–Kier alpha value is -2.43. The van der Waals surface area contributed by atoms with Gasteiger partial charge in [-0.1, -0.05) is 38.1 Å². The minimum atomic E-state index is -3.71. The van der Waals surface area contributed by atoms with E-state index in [-0.39, 0.29) is 10.6 Å². The lowest BCUT2D eigenvalue weighted by Gasteiger charge is -2.23. The van der Waals surface area contributed by atoms with Crippen LogP contribution in [0, 0.1) is 6.92 Å². The zero-order valence-corrected chi connectivity index (χ0v) is 19.1. The van der Waals surface area contributed by atoms with Gasteiger partial charge in [-0.3, -0.25) is 9.10 Å². The van der Waals surface area contributed by atoms with Crippen molar-refractivity contribution in [2.45, 2.75) is 25.7 Å². The van der Waals surface area contributed by atoms with E-state index < -0.39 is 32.5 Å². The van der Waals surface area contributed by atoms with E-state index in [9.17, 15) is 21.6 Å². The van der Waals surface area contributed by atoms with Crippen LogP contribution in [-0.4, -0.2) is 52.9 Å². The van der Waals surface area contributed by atoms with Crippen LogP contribution in [-0.2, 0) is 24.8 Å². The number of carbonyl (C=O) groups excluding carboxylic acids is 1. The number of anilines is 2. The normalized spacial score (nSPS) is 12.0. The number of nitrogens with one attached hydrogen (secondary N) is 1. The summed E-state index contributed by atoms with van der Waals surface area (Å²) in [5, 5.41) is 2.59. The van der Waals surface area contributed by atoms with E-state index in [2.05, 4.69) is 5.32 Å². The van der Waals surface area contributed by atoms with Crippen LogP contribution >= 0.6 is 0 Å². The summed E-state index contributed by atoms with van der Waals surface area (Å²) in [6.45, 7) is 5.48. The van der Waals surface area contributed by atoms with Gasteiger partial charge in [0.25, 0.3) is 0 Å². The Labute approximate surface area is 178 Å². The fourth-order valence-electron chi connectivity index (χ4n) is 3.00. The van der Waals surface area contributed by atoms with E-state index >= 15 is 0 Å². The van der Waals surface area contributed by atoms with Crippen LogP contribution in [0.5, 0.6) is 0 Å². The van der Waals surface area contributed by atoms with Crippen molar-refractivity contribution in [3.8, 4) is 0 Å². The molecule has 0 unspecified atom stereocenters. The van der Waals surface area contributed by atoms with Gasteiger partial charge in [-0.25, -0.2) is 16.8 Å². The van der Waals surface area contributed by atoms with E-state index in [1.807, 2.05) is 0 Å². The highest BCUT2D eigenvalue weighted by molar-refractivity contribution is 7.92. The second kappa shape index (κ2) is 9.59. The Morgan fingerprint density at radius 1 is 0.967 bits per heavy atom. The SMILES string of the molecule is CCN(CC)S(=O)(=O)c1cccc(NC(=O)CN(c2ccccc2C)S(C)(=O)=O)c1. The Balaban J connectivity index is 2.26. The number of aryl methyl sites for hydroxylation is 1. The van der Waals surface area contributed by atoms with Gasteiger partial charge < -0.3 is 5.32 Å². The highest BCUT2D eigenvalue weighted by atomic mass is 32.2. The number of amides is 1. The molecular weight excluding hydrogens is 426 g/mol. The molecule has 0 aliphatic rings. The van der Waals surface area contributed by atoms with Gasteiger partial charge >= 0.3 is 0 Å². The zero-order valence-electron chi connectivity index (χ0n) is 17.5. The number of sulfonamides is 2. The highest BCUT2D eigenvalue weighted by Gasteiger charge is 2.24. The van der Waals surface area contributed by atoms with Gasteiger partial charge in [0.1, 0.15) is 6.54 Å². The molecule has 0 saturated heterocycles. The third kappa shape index (κ3) is 5.59. The van der Waals surface area contributed by atoms with Crippen molar-refractivity contribution >= 4 is 37.3 Å². The summed E-state index contributed by atoms with van der Waals surface area (Å²) in [5.41, 5.74) is 1.39. The van der Waals surface area contributed by atoms with E-state index in [4.69, 9.17) is 0 Å². The van der Waals surface area contributed by atoms with Gasteiger partial charge in [0.15, 0.2) is 0 Å². The Morgan fingerprint density at radius 3 is 2.17 bits per heavy atom. The van der Waals surface area contributed by atoms with Crippen LogP contribution in [0.15, 0.2) is 53.4 Å². The second-order valence-electron chi connectivity index (χ2n) is 6.72. The molecule has 0 aromatic heterocycles. The topological polar surface area (TPSA) is 104 Å². The molecule has 0 atom stereocenters. The van der Waals surface area contributed by atoms with Gasteiger partial charge in [0.2, 0.25) is 26.0 Å². The van der Waals surface area contributed by atoms with Crippen LogP contribution in [0.2, 0.25) is 0 Å². The largest absolute Gasteiger partial charge is 0.324 e. The molecule has 0 spiro atoms. The van der Waals surface area contributed by atoms with Gasteiger partial charge in [-0.05, 0) is 36.8 Å². The minimum Gasteiger partial charge on any atom is -0.324 e. The molecule has 0 aliphatic carbocycles. The number of para-hydroxylation sites is 1. The molecule has 0 heterocycles. The number of benzene rings is 2. The van der Waals surface area contributed by atoms with Crippen molar-refractivity contribution in [2.24, 2.45) is 0 Å². The van der Waals surface area contributed by atoms with Crippen LogP contribution < -0.4 is 9.62 Å². The number of hydrogen-bond acceptors (Lipinski definition) is 5. The summed E-state index contributed by atoms with van der Waals surface area (Å²) in [7, 11) is -7.39. The van der Waals surface area contributed by atoms with Gasteiger partial charge in [0.05, 0.1) is 16.8 Å². The van der Waals surface area contributed by atoms with Gasteiger partial charge in [0, 0.05) is 18.8 Å². The maximum atomic E-state index is 12.7. The number of carbonyl (C=O) groups is 1. The van der Waals surface area contributed by atoms with Crippen LogP contribution in [0.4, 0.5) is 11.4 Å². The van der Waals surface area contributed by atoms with E-state index in [0.717, 1.165) is 10.6 Å². The minimum absolute atomic E-state index is 0.0582. The number of hydrogen-bond donors (Lipinski definition) is 1. The molecule has 10 heteroatoms. The van der Waals surface area contributed by atoms with E-state index in [1.165, 1.54) is 22.5 Å². The number of nitrogens with zero attached hydrogens (tertiary/aromatic N) is 2. The third-order valence-electron chi connectivity index (χ3n) is 4.53. The molecule has 2 rings (SSSR count). The van der Waals surface area contributed by atoms with Crippen molar-refractivity contribution in [3.05, 3.63) is 54.1 Å². The van der Waals surface area contributed by atoms with Crippen molar-refractivity contribution in [1.82, 2.24) is 4.31 Å². The smallest absolute Gasteiger partial charge is 0.245 e. The molecule has 0 aliphatic heterocycles. The van der Waals surface area contributed by atoms with Crippen molar-refractivity contribution in [1.29, 1.82) is 0 Å². The zero-order chi connectivity index (χ0) is 22.5. The first-order valence-corrected chi connectivity index (χ1v) is 12.7. The lowest BCUT2D eigenvalue weighted by molar-refractivity contribution is -0.114. The van der Waals surface area contributed by atoms with Crippen LogP contribution in [0.25, 0.3) is 0 Å².